The van der Waals surface area contributed by atoms with Crippen molar-refractivity contribution < 1.29 is 8.39 Å². The first-order valence-corrected chi connectivity index (χ1v) is 3.01. The van der Waals surface area contributed by atoms with E-state index >= 15 is 0 Å². The first-order valence-electron chi connectivity index (χ1n) is 1.53. The van der Waals surface area contributed by atoms with Gasteiger partial charge in [0.1, 0.15) is 0 Å². The van der Waals surface area contributed by atoms with Gasteiger partial charge in [0.2, 0.25) is 0 Å². The van der Waals surface area contributed by atoms with E-state index in [0.717, 1.165) is 0 Å². The van der Waals surface area contributed by atoms with E-state index in [1.807, 2.05) is 0 Å². The van der Waals surface area contributed by atoms with E-state index in [1.165, 1.54) is 6.26 Å². The molecule has 0 bridgehead atoms. The Hall–Kier alpha value is 0.110. The van der Waals surface area contributed by atoms with E-state index in [9.17, 15) is 4.21 Å². The van der Waals surface area contributed by atoms with Crippen LogP contribution in [-0.4, -0.2) is 17.1 Å². The van der Waals surface area contributed by atoms with Gasteiger partial charge >= 0.3 is 0 Å². The molecule has 0 aliphatic heterocycles. The molecular weight excluding hydrogens is 100 g/mol. The lowest BCUT2D eigenvalue weighted by atomic mass is 10.9. The summed E-state index contributed by atoms with van der Waals surface area (Å²) in [5.74, 6) is 0. The van der Waals surface area contributed by atoms with Crippen LogP contribution in [0.2, 0.25) is 0 Å². The van der Waals surface area contributed by atoms with Gasteiger partial charge < -0.3 is 0 Å². The second kappa shape index (κ2) is 3.31. The van der Waals surface area contributed by atoms with Crippen molar-refractivity contribution >= 4 is 11.1 Å². The third kappa shape index (κ3) is 4.11. The van der Waals surface area contributed by atoms with E-state index < -0.39 is 11.1 Å². The van der Waals surface area contributed by atoms with Crippen LogP contribution in [0.4, 0.5) is 0 Å². The summed E-state index contributed by atoms with van der Waals surface area (Å²) in [4.78, 5) is 0. The Kier molecular flexibility index (Phi) is 3.37. The number of rotatable bonds is 2. The van der Waals surface area contributed by atoms with Crippen LogP contribution in [0.1, 0.15) is 0 Å². The van der Waals surface area contributed by atoms with Crippen molar-refractivity contribution in [2.75, 3.05) is 12.9 Å². The molecule has 37 valence electrons. The minimum Gasteiger partial charge on any atom is -0.291 e. The Labute approximate surface area is 40.2 Å². The minimum absolute atomic E-state index is 0.281. The summed E-state index contributed by atoms with van der Waals surface area (Å²) in [7, 11) is 0. The van der Waals surface area contributed by atoms with Gasteiger partial charge in [0.25, 0.3) is 0 Å². The van der Waals surface area contributed by atoms with E-state index in [4.69, 9.17) is 0 Å². The zero-order valence-electron chi connectivity index (χ0n) is 3.64. The van der Waals surface area contributed by atoms with Crippen molar-refractivity contribution in [1.82, 2.24) is 0 Å². The Morgan fingerprint density at radius 1 is 2.00 bits per heavy atom. The summed E-state index contributed by atoms with van der Waals surface area (Å²) in [6.45, 7) is 3.59. The highest BCUT2D eigenvalue weighted by atomic mass is 32.2. The van der Waals surface area contributed by atoms with E-state index in [-0.39, 0.29) is 6.61 Å². The molecule has 0 spiro atoms. The molecule has 0 rings (SSSR count). The number of hydrogen-bond acceptors (Lipinski definition) is 2. The van der Waals surface area contributed by atoms with Gasteiger partial charge in [-0.15, -0.1) is 0 Å². The molecule has 0 aromatic carbocycles. The first kappa shape index (κ1) is 6.11. The molecule has 0 aliphatic rings. The summed E-state index contributed by atoms with van der Waals surface area (Å²) in [6.07, 6.45) is 1.46. The van der Waals surface area contributed by atoms with E-state index in [1.54, 1.807) is 0 Å². The van der Waals surface area contributed by atoms with Gasteiger partial charge in [-0.2, -0.15) is 0 Å². The zero-order valence-corrected chi connectivity index (χ0v) is 4.46. The number of hydrogen-bond donors (Lipinski definition) is 0. The Balaban J connectivity index is 2.83. The Bertz CT molecular complexity index is 52.8. The third-order valence-corrected chi connectivity index (χ3v) is 0.748. The van der Waals surface area contributed by atoms with E-state index in [2.05, 4.69) is 11.1 Å². The topological polar surface area (TPSA) is 26.3 Å². The highest BCUT2D eigenvalue weighted by Gasteiger charge is 1.79. The molecule has 1 atom stereocenters. The fourth-order valence-electron chi connectivity index (χ4n) is 0.117. The normalized spacial score (nSPS) is 14.3. The lowest BCUT2D eigenvalue weighted by Crippen LogP contribution is -1.90. The van der Waals surface area contributed by atoms with Crippen LogP contribution in [0.25, 0.3) is 0 Å². The first-order chi connectivity index (χ1) is 2.77. The van der Waals surface area contributed by atoms with Crippen LogP contribution in [0, 0.1) is 6.92 Å². The quantitative estimate of drug-likeness (QED) is 0.501. The van der Waals surface area contributed by atoms with Crippen LogP contribution >= 0.6 is 0 Å². The van der Waals surface area contributed by atoms with Crippen LogP contribution < -0.4 is 0 Å². The highest BCUT2D eigenvalue weighted by Crippen LogP contribution is 1.73. The molecule has 1 unspecified atom stereocenters. The molecule has 0 aliphatic carbocycles. The SMILES string of the molecule is [CH2]COS(C)=O. The lowest BCUT2D eigenvalue weighted by molar-refractivity contribution is 0.396. The Morgan fingerprint density at radius 2 is 2.50 bits per heavy atom. The summed E-state index contributed by atoms with van der Waals surface area (Å²) in [6, 6.07) is 0. The van der Waals surface area contributed by atoms with Crippen molar-refractivity contribution in [3.63, 3.8) is 0 Å². The van der Waals surface area contributed by atoms with Gasteiger partial charge in [-0.3, -0.25) is 4.18 Å². The molecule has 2 nitrogen and oxygen atoms in total. The Morgan fingerprint density at radius 3 is 2.50 bits per heavy atom. The molecule has 3 heteroatoms. The molecule has 0 N–H and O–H groups in total. The predicted octanol–water partition coefficient (Wildman–Crippen LogP) is 0.131. The monoisotopic (exact) mass is 107 g/mol. The second-order valence-electron chi connectivity index (χ2n) is 0.723. The van der Waals surface area contributed by atoms with Crippen molar-refractivity contribution in [2.24, 2.45) is 0 Å². The summed E-state index contributed by atoms with van der Waals surface area (Å²) >= 11 is -1.13. The van der Waals surface area contributed by atoms with Crippen molar-refractivity contribution in [3.8, 4) is 0 Å². The summed E-state index contributed by atoms with van der Waals surface area (Å²) in [5.41, 5.74) is 0. The lowest BCUT2D eigenvalue weighted by Gasteiger charge is -1.86. The van der Waals surface area contributed by atoms with E-state index in [0.29, 0.717) is 0 Å². The molecule has 0 amide bonds. The molecule has 0 saturated carbocycles. The van der Waals surface area contributed by atoms with Crippen LogP contribution in [-0.2, 0) is 15.3 Å². The molecule has 0 aromatic heterocycles. The average Bonchev–Trinajstić information content (AvgIpc) is 1.35. The maximum Gasteiger partial charge on any atom is 0.152 e. The standard InChI is InChI=1S/C3H7O2S/c1-3-5-6(2)4/h1,3H2,2H3. The van der Waals surface area contributed by atoms with Gasteiger partial charge in [-0.05, 0) is 6.92 Å². The maximum atomic E-state index is 9.89. The second-order valence-corrected chi connectivity index (χ2v) is 1.76. The fraction of sp³-hybridized carbons (Fsp3) is 0.667. The zero-order chi connectivity index (χ0) is 4.99. The highest BCUT2D eigenvalue weighted by molar-refractivity contribution is 7.79. The van der Waals surface area contributed by atoms with Crippen molar-refractivity contribution in [3.05, 3.63) is 6.92 Å². The summed E-state index contributed by atoms with van der Waals surface area (Å²) < 4.78 is 14.3. The van der Waals surface area contributed by atoms with Gasteiger partial charge in [-0.1, -0.05) is 0 Å². The van der Waals surface area contributed by atoms with Crippen LogP contribution in [0.15, 0.2) is 0 Å². The molecular formula is C3H7O2S. The van der Waals surface area contributed by atoms with Crippen LogP contribution in [0.3, 0.4) is 0 Å². The van der Waals surface area contributed by atoms with Crippen molar-refractivity contribution in [2.45, 2.75) is 0 Å². The average molecular weight is 107 g/mol. The van der Waals surface area contributed by atoms with Crippen LogP contribution in [0.5, 0.6) is 0 Å². The van der Waals surface area contributed by atoms with Gasteiger partial charge in [0.15, 0.2) is 11.1 Å². The molecule has 0 aromatic rings. The fourth-order valence-corrected chi connectivity index (χ4v) is 0.352. The van der Waals surface area contributed by atoms with Gasteiger partial charge in [0.05, 0.1) is 6.61 Å². The third-order valence-electron chi connectivity index (χ3n) is 0.249. The molecule has 0 fully saturated rings. The van der Waals surface area contributed by atoms with Crippen molar-refractivity contribution in [1.29, 1.82) is 0 Å². The maximum absolute atomic E-state index is 9.89. The van der Waals surface area contributed by atoms with Gasteiger partial charge in [0, 0.05) is 6.26 Å². The van der Waals surface area contributed by atoms with Gasteiger partial charge in [-0.25, -0.2) is 4.21 Å². The molecule has 1 radical (unpaired) electrons. The molecule has 0 saturated heterocycles. The molecule has 6 heavy (non-hydrogen) atoms. The largest absolute Gasteiger partial charge is 0.291 e. The summed E-state index contributed by atoms with van der Waals surface area (Å²) in [5, 5.41) is 0. The minimum atomic E-state index is -1.13. The molecule has 0 heterocycles. The predicted molar refractivity (Wildman–Crippen MR) is 25.4 cm³/mol. The smallest absolute Gasteiger partial charge is 0.152 e.